The van der Waals surface area contributed by atoms with Gasteiger partial charge in [-0.05, 0) is 152 Å². The van der Waals surface area contributed by atoms with Gasteiger partial charge in [0.2, 0.25) is 0 Å². The molecule has 0 unspecified atom stereocenters. The first-order valence-electron chi connectivity index (χ1n) is 31.9. The molecule has 0 radical (unpaired) electrons. The number of rotatable bonds is 3. The lowest BCUT2D eigenvalue weighted by atomic mass is 9.34. The topological polar surface area (TPSA) is 14.8 Å². The van der Waals surface area contributed by atoms with Gasteiger partial charge in [0, 0.05) is 54.7 Å². The quantitative estimate of drug-likeness (QED) is 0.157. The fraction of sp³-hybridized carbons (Fsp3) is 0.0930. The van der Waals surface area contributed by atoms with Crippen molar-refractivity contribution in [2.45, 2.75) is 52.4 Å². The summed E-state index contributed by atoms with van der Waals surface area (Å²) >= 11 is 0. The molecule has 3 nitrogen and oxygen atoms in total. The normalized spacial score (nSPS) is 12.8. The molecule has 18 rings (SSSR count). The molecule has 0 N–H and O–H groups in total. The van der Waals surface area contributed by atoms with Crippen LogP contribution in [-0.2, 0) is 10.8 Å². The van der Waals surface area contributed by atoms with Gasteiger partial charge in [-0.1, -0.05) is 272 Å². The van der Waals surface area contributed by atoms with Gasteiger partial charge in [0.15, 0.2) is 0 Å². The first-order chi connectivity index (χ1) is 43.9. The molecule has 0 amide bonds. The third-order valence-electron chi connectivity index (χ3n) is 19.9. The highest BCUT2D eigenvalue weighted by atomic mass is 15.1. The van der Waals surface area contributed by atoms with E-state index in [1.807, 2.05) is 0 Å². The number of para-hydroxylation sites is 4. The summed E-state index contributed by atoms with van der Waals surface area (Å²) in [5, 5.41) is 16.9. The number of fused-ring (bicyclic) bond motifs is 21. The van der Waals surface area contributed by atoms with Crippen LogP contribution in [0, 0.1) is 0 Å². The Morgan fingerprint density at radius 1 is 0.244 bits per heavy atom. The molecule has 90 heavy (non-hydrogen) atoms. The lowest BCUT2D eigenvalue weighted by Crippen LogP contribution is -2.60. The molecule has 0 fully saturated rings. The maximum atomic E-state index is 2.70. The van der Waals surface area contributed by atoms with E-state index in [9.17, 15) is 0 Å². The van der Waals surface area contributed by atoms with Crippen molar-refractivity contribution >= 4 is 132 Å². The van der Waals surface area contributed by atoms with Crippen LogP contribution in [0.1, 0.15) is 52.7 Å². The van der Waals surface area contributed by atoms with Crippen molar-refractivity contribution in [3.63, 3.8) is 0 Å². The highest BCUT2D eigenvalue weighted by molar-refractivity contribution is 7.00. The number of benzene rings is 13. The Hall–Kier alpha value is -10.7. The summed E-state index contributed by atoms with van der Waals surface area (Å²) in [6.07, 6.45) is 0. The fourth-order valence-corrected chi connectivity index (χ4v) is 15.8. The third kappa shape index (κ3) is 7.73. The van der Waals surface area contributed by atoms with Crippen LogP contribution in [0.15, 0.2) is 279 Å². The van der Waals surface area contributed by atoms with Crippen LogP contribution in [0.3, 0.4) is 0 Å². The van der Waals surface area contributed by atoms with Crippen LogP contribution in [0.4, 0.5) is 0 Å². The van der Waals surface area contributed by atoms with Gasteiger partial charge in [0.1, 0.15) is 0 Å². The van der Waals surface area contributed by atoms with Crippen molar-refractivity contribution in [1.29, 1.82) is 0 Å². The summed E-state index contributed by atoms with van der Waals surface area (Å²) < 4.78 is 7.95. The molecule has 426 valence electrons. The van der Waals surface area contributed by atoms with Crippen LogP contribution in [0.2, 0.25) is 0 Å². The molecule has 0 aliphatic carbocycles. The zero-order valence-electron chi connectivity index (χ0n) is 51.5. The summed E-state index contributed by atoms with van der Waals surface area (Å²) in [7, 11) is 0. The van der Waals surface area contributed by atoms with Crippen LogP contribution in [-0.4, -0.2) is 20.4 Å². The fourth-order valence-electron chi connectivity index (χ4n) is 15.8. The molecular formula is C86H64BN3. The molecule has 0 atom stereocenters. The van der Waals surface area contributed by atoms with Crippen LogP contribution < -0.4 is 16.4 Å². The molecule has 16 aromatic rings. The maximum absolute atomic E-state index is 2.70. The minimum Gasteiger partial charge on any atom is -0.310 e. The van der Waals surface area contributed by atoms with Gasteiger partial charge >= 0.3 is 0 Å². The lowest BCUT2D eigenvalue weighted by molar-refractivity contribution is 0.590. The Bertz CT molecular complexity index is 5590. The van der Waals surface area contributed by atoms with Crippen molar-refractivity contribution in [1.82, 2.24) is 13.7 Å². The predicted octanol–water partition coefficient (Wildman–Crippen LogP) is 20.9. The van der Waals surface area contributed by atoms with Gasteiger partial charge in [-0.3, -0.25) is 0 Å². The molecule has 2 aliphatic heterocycles. The van der Waals surface area contributed by atoms with E-state index in [1.54, 1.807) is 0 Å². The largest absolute Gasteiger partial charge is 0.310 e. The molecule has 0 spiro atoms. The average Bonchev–Trinajstić information content (AvgIpc) is 0.990. The molecule has 2 aliphatic rings. The zero-order valence-corrected chi connectivity index (χ0v) is 51.5. The summed E-state index contributed by atoms with van der Waals surface area (Å²) in [5.41, 5.74) is 21.5. The number of hydrogen-bond acceptors (Lipinski definition) is 0. The van der Waals surface area contributed by atoms with Crippen molar-refractivity contribution in [2.24, 2.45) is 0 Å². The monoisotopic (exact) mass is 1150 g/mol. The molecule has 0 saturated heterocycles. The summed E-state index contributed by atoms with van der Waals surface area (Å²) in [6, 6.07) is 107. The molecular weight excluding hydrogens is 1090 g/mol. The Kier molecular flexibility index (Phi) is 11.3. The standard InChI is InChI=1S/C86H64BN3/c1-85(2,3)57-27-23-25-53(45-57)55-47-72-66-35-13-9-31-62(66)60-29-7-11-33-64(60)68-37-15-21-43-78(68)89-80-51-59(88-76-41-19-17-39-70(76)71-40-18-20-42-77(71)88)52-81-82(80)87(74(49-55)83(72)89)75-50-56(54-26-24-28-58(46-54)86(4,5)6)48-73-67-36-14-10-32-63(67)61-30-8-12-34-65(61)69-38-16-22-44-79(69)90(81)84(73)75/h7-52H,1-6H3. The Morgan fingerprint density at radius 3 is 0.878 bits per heavy atom. The summed E-state index contributed by atoms with van der Waals surface area (Å²) in [4.78, 5) is 0. The van der Waals surface area contributed by atoms with Gasteiger partial charge in [0.25, 0.3) is 6.71 Å². The second-order valence-electron chi connectivity index (χ2n) is 27.2. The van der Waals surface area contributed by atoms with Crippen LogP contribution in [0.5, 0.6) is 0 Å². The van der Waals surface area contributed by atoms with E-state index in [1.165, 1.54) is 147 Å². The van der Waals surface area contributed by atoms with Gasteiger partial charge in [-0.25, -0.2) is 0 Å². The van der Waals surface area contributed by atoms with E-state index in [0.29, 0.717) is 0 Å². The maximum Gasteiger partial charge on any atom is 0.252 e. The molecule has 5 heterocycles. The summed E-state index contributed by atoms with van der Waals surface area (Å²) in [5.74, 6) is 0. The Balaban J connectivity index is 1.16. The average molecular weight is 1150 g/mol. The van der Waals surface area contributed by atoms with Gasteiger partial charge in [-0.2, -0.15) is 0 Å². The highest BCUT2D eigenvalue weighted by Crippen LogP contribution is 2.44. The number of hydrogen-bond donors (Lipinski definition) is 0. The Labute approximate surface area is 524 Å². The smallest absolute Gasteiger partial charge is 0.252 e. The van der Waals surface area contributed by atoms with Crippen LogP contribution >= 0.6 is 0 Å². The molecule has 13 aromatic carbocycles. The first-order valence-corrected chi connectivity index (χ1v) is 31.9. The van der Waals surface area contributed by atoms with E-state index < -0.39 is 0 Å². The van der Waals surface area contributed by atoms with Gasteiger partial charge in [0.05, 0.1) is 27.8 Å². The van der Waals surface area contributed by atoms with E-state index in [4.69, 9.17) is 0 Å². The Morgan fingerprint density at radius 2 is 0.533 bits per heavy atom. The van der Waals surface area contributed by atoms with Gasteiger partial charge in [-0.15, -0.1) is 0 Å². The lowest BCUT2D eigenvalue weighted by Gasteiger charge is -2.37. The second kappa shape index (κ2) is 19.4. The van der Waals surface area contributed by atoms with Crippen molar-refractivity contribution in [2.75, 3.05) is 0 Å². The third-order valence-corrected chi connectivity index (χ3v) is 19.9. The van der Waals surface area contributed by atoms with E-state index in [-0.39, 0.29) is 17.5 Å². The van der Waals surface area contributed by atoms with E-state index in [2.05, 4.69) is 334 Å². The highest BCUT2D eigenvalue weighted by Gasteiger charge is 2.41. The number of nitrogens with zero attached hydrogens (tertiary/aromatic N) is 3. The number of aromatic nitrogens is 3. The first kappa shape index (κ1) is 52.4. The second-order valence-corrected chi connectivity index (χ2v) is 27.2. The zero-order chi connectivity index (χ0) is 60.3. The van der Waals surface area contributed by atoms with Crippen molar-refractivity contribution < 1.29 is 0 Å². The molecule has 0 saturated carbocycles. The SMILES string of the molecule is CC(C)(C)c1cccc(-c2cc3c4c(c2)c2ccccc2c2ccccc2c2ccccc2n4-c2cc(-n4c5ccccc5c5ccccc54)cc4c2B3c2cc(-c3cccc(C(C)(C)C)c3)cc3c5ccccc5c5ccccc5c5ccccc5n-4c23)c1. The van der Waals surface area contributed by atoms with Crippen LogP contribution in [0.25, 0.3) is 148 Å². The molecule has 3 aromatic heterocycles. The minimum absolute atomic E-state index is 0.0661. The van der Waals surface area contributed by atoms with E-state index >= 15 is 0 Å². The molecule has 4 heteroatoms. The van der Waals surface area contributed by atoms with Gasteiger partial charge < -0.3 is 13.7 Å². The van der Waals surface area contributed by atoms with Crippen molar-refractivity contribution in [3.05, 3.63) is 290 Å². The summed E-state index contributed by atoms with van der Waals surface area (Å²) in [6.45, 7) is 13.7. The van der Waals surface area contributed by atoms with Crippen molar-refractivity contribution in [3.8, 4) is 39.3 Å². The predicted molar refractivity (Wildman–Crippen MR) is 388 cm³/mol. The molecule has 0 bridgehead atoms. The van der Waals surface area contributed by atoms with E-state index in [0.717, 1.165) is 28.1 Å². The minimum atomic E-state index is -0.265.